The summed E-state index contributed by atoms with van der Waals surface area (Å²) in [6.45, 7) is 1.93. The lowest BCUT2D eigenvalue weighted by Crippen LogP contribution is -2.06. The van der Waals surface area contributed by atoms with Gasteiger partial charge in [-0.05, 0) is 44.8 Å². The molecule has 0 N–H and O–H groups in total. The molecule has 4 heteroatoms. The molecule has 13 heavy (non-hydrogen) atoms. The minimum Gasteiger partial charge on any atom is -0.254 e. The average molecular weight is 297 g/mol. The van der Waals surface area contributed by atoms with Crippen molar-refractivity contribution in [1.82, 2.24) is 4.98 Å². The monoisotopic (exact) mass is 297 g/mol. The van der Waals surface area contributed by atoms with Gasteiger partial charge in [0.25, 0.3) is 0 Å². The molecule has 0 unspecified atom stereocenters. The third-order valence-corrected chi connectivity index (χ3v) is 3.20. The van der Waals surface area contributed by atoms with Crippen LogP contribution in [0.2, 0.25) is 0 Å². The SMILES string of the molecule is C=IC(F)(F)c1cc(CC)ccn1. The first-order chi connectivity index (χ1) is 6.10. The quantitative estimate of drug-likeness (QED) is 0.617. The van der Waals surface area contributed by atoms with E-state index < -0.39 is 24.7 Å². The number of nitrogens with zero attached hydrogens (tertiary/aromatic N) is 1. The van der Waals surface area contributed by atoms with Crippen molar-refractivity contribution in [2.24, 2.45) is 0 Å². The van der Waals surface area contributed by atoms with Crippen LogP contribution in [0.4, 0.5) is 8.78 Å². The molecule has 0 aliphatic heterocycles. The summed E-state index contributed by atoms with van der Waals surface area (Å²) in [6.07, 6.45) is 2.18. The third-order valence-electron chi connectivity index (χ3n) is 1.69. The van der Waals surface area contributed by atoms with E-state index in [9.17, 15) is 8.78 Å². The number of pyridine rings is 1. The van der Waals surface area contributed by atoms with Crippen LogP contribution in [0.5, 0.6) is 0 Å². The van der Waals surface area contributed by atoms with Crippen LogP contribution in [0.25, 0.3) is 0 Å². The van der Waals surface area contributed by atoms with Gasteiger partial charge in [-0.15, -0.1) is 0 Å². The maximum atomic E-state index is 13.1. The number of halogens is 3. The van der Waals surface area contributed by atoms with E-state index in [1.54, 1.807) is 6.07 Å². The second-order valence-corrected chi connectivity index (χ2v) is 4.65. The molecule has 1 nitrogen and oxygen atoms in total. The molecule has 1 aromatic heterocycles. The number of aromatic nitrogens is 1. The van der Waals surface area contributed by atoms with Gasteiger partial charge in [0.2, 0.25) is 0 Å². The zero-order chi connectivity index (χ0) is 9.90. The summed E-state index contributed by atoms with van der Waals surface area (Å²) in [6, 6.07) is 3.21. The van der Waals surface area contributed by atoms with Crippen molar-refractivity contribution in [2.45, 2.75) is 17.3 Å². The highest BCUT2D eigenvalue weighted by atomic mass is 127. The van der Waals surface area contributed by atoms with E-state index >= 15 is 0 Å². The molecule has 0 saturated heterocycles. The van der Waals surface area contributed by atoms with Gasteiger partial charge in [0.1, 0.15) is 5.69 Å². The fourth-order valence-corrected chi connectivity index (χ4v) is 1.60. The number of alkyl halides is 3. The van der Waals surface area contributed by atoms with Crippen molar-refractivity contribution >= 4 is 25.2 Å². The standard InChI is InChI=1S/C9H10F2IN/c1-3-7-4-5-13-8(6-7)9(10,11)12-2/h4-6H,2-3H2,1H3. The van der Waals surface area contributed by atoms with Gasteiger partial charge < -0.3 is 0 Å². The molecule has 1 rings (SSSR count). The Morgan fingerprint density at radius 3 is 2.85 bits per heavy atom. The Hall–Kier alpha value is -0.390. The number of hydrogen-bond donors (Lipinski definition) is 0. The largest absolute Gasteiger partial charge is 0.332 e. The maximum absolute atomic E-state index is 13.1. The molecule has 0 fully saturated rings. The number of rotatable bonds is 3. The summed E-state index contributed by atoms with van der Waals surface area (Å²) < 4.78 is 26.8. The highest BCUT2D eigenvalue weighted by molar-refractivity contribution is 14.2. The first-order valence-corrected chi connectivity index (χ1v) is 6.43. The Bertz CT molecular complexity index is 312. The lowest BCUT2D eigenvalue weighted by atomic mass is 10.2. The second-order valence-electron chi connectivity index (χ2n) is 2.53. The molecule has 0 spiro atoms. The van der Waals surface area contributed by atoms with Crippen molar-refractivity contribution < 1.29 is 8.78 Å². The summed E-state index contributed by atoms with van der Waals surface area (Å²) in [4.78, 5) is 3.67. The van der Waals surface area contributed by atoms with Crippen LogP contribution in [0, 0.1) is 0 Å². The maximum Gasteiger partial charge on any atom is 0.332 e. The Morgan fingerprint density at radius 1 is 1.62 bits per heavy atom. The van der Waals surface area contributed by atoms with E-state index in [-0.39, 0.29) is 5.69 Å². The van der Waals surface area contributed by atoms with Crippen molar-refractivity contribution in [2.75, 3.05) is 0 Å². The highest BCUT2D eigenvalue weighted by Crippen LogP contribution is 2.37. The first kappa shape index (κ1) is 10.7. The molecule has 0 aromatic carbocycles. The lowest BCUT2D eigenvalue weighted by Gasteiger charge is -2.10. The smallest absolute Gasteiger partial charge is 0.254 e. The van der Waals surface area contributed by atoms with E-state index in [2.05, 4.69) is 9.50 Å². The summed E-state index contributed by atoms with van der Waals surface area (Å²) in [5.41, 5.74) is 0.761. The molecule has 0 bridgehead atoms. The van der Waals surface area contributed by atoms with E-state index in [1.807, 2.05) is 6.92 Å². The first-order valence-electron chi connectivity index (χ1n) is 3.83. The summed E-state index contributed by atoms with van der Waals surface area (Å²) in [7, 11) is 0. The molecule has 0 amide bonds. The molecule has 1 heterocycles. The molecule has 72 valence electrons. The van der Waals surface area contributed by atoms with E-state index in [0.717, 1.165) is 12.0 Å². The van der Waals surface area contributed by atoms with E-state index in [4.69, 9.17) is 0 Å². The van der Waals surface area contributed by atoms with Gasteiger partial charge in [-0.1, -0.05) is 11.4 Å². The van der Waals surface area contributed by atoms with Gasteiger partial charge in [0, 0.05) is 6.20 Å². The van der Waals surface area contributed by atoms with Crippen LogP contribution in [0.15, 0.2) is 18.3 Å². The average Bonchev–Trinajstić information content (AvgIpc) is 2.18. The number of aryl methyl sites for hydroxylation is 1. The molecule has 0 saturated carbocycles. The van der Waals surface area contributed by atoms with Gasteiger partial charge in [-0.3, -0.25) is 4.98 Å². The molecule has 0 atom stereocenters. The molecule has 0 aliphatic carbocycles. The zero-order valence-electron chi connectivity index (χ0n) is 7.23. The molecule has 1 aromatic rings. The Balaban J connectivity index is 3.08. The summed E-state index contributed by atoms with van der Waals surface area (Å²) >= 11 is -1.38. The topological polar surface area (TPSA) is 12.9 Å². The lowest BCUT2D eigenvalue weighted by molar-refractivity contribution is 0.122. The molecular weight excluding hydrogens is 287 g/mol. The van der Waals surface area contributed by atoms with E-state index in [0.29, 0.717) is 0 Å². The predicted molar refractivity (Wildman–Crippen MR) is 58.7 cm³/mol. The highest BCUT2D eigenvalue weighted by Gasteiger charge is 2.29. The predicted octanol–water partition coefficient (Wildman–Crippen LogP) is 3.10. The van der Waals surface area contributed by atoms with Crippen molar-refractivity contribution in [3.8, 4) is 0 Å². The van der Waals surface area contributed by atoms with Gasteiger partial charge >= 0.3 is 3.93 Å². The summed E-state index contributed by atoms with van der Waals surface area (Å²) in [5.74, 6) is 0. The minimum atomic E-state index is -2.79. The van der Waals surface area contributed by atoms with Crippen molar-refractivity contribution in [3.63, 3.8) is 0 Å². The third kappa shape index (κ3) is 2.52. The fraction of sp³-hybridized carbons (Fsp3) is 0.333. The van der Waals surface area contributed by atoms with Crippen molar-refractivity contribution in [1.29, 1.82) is 0 Å². The molecule has 0 radical (unpaired) electrons. The van der Waals surface area contributed by atoms with Crippen molar-refractivity contribution in [3.05, 3.63) is 29.6 Å². The van der Waals surface area contributed by atoms with Crippen LogP contribution in [0.1, 0.15) is 18.2 Å². The Kier molecular flexibility index (Phi) is 3.47. The van der Waals surface area contributed by atoms with Crippen LogP contribution in [0.3, 0.4) is 0 Å². The molecule has 0 aliphatic rings. The van der Waals surface area contributed by atoms with Gasteiger partial charge in [-0.25, -0.2) is 0 Å². The van der Waals surface area contributed by atoms with Crippen LogP contribution < -0.4 is 0 Å². The Morgan fingerprint density at radius 2 is 2.31 bits per heavy atom. The molecular formula is C9H10F2IN. The van der Waals surface area contributed by atoms with E-state index in [1.165, 1.54) is 12.3 Å². The minimum absolute atomic E-state index is 0.130. The number of hydrogen-bond acceptors (Lipinski definition) is 1. The van der Waals surface area contributed by atoms with Gasteiger partial charge in [0.15, 0.2) is 0 Å². The second kappa shape index (κ2) is 4.21. The van der Waals surface area contributed by atoms with Gasteiger partial charge in [0.05, 0.1) is 0 Å². The fourth-order valence-electron chi connectivity index (χ4n) is 0.918. The van der Waals surface area contributed by atoms with Crippen LogP contribution >= 0.6 is 20.7 Å². The van der Waals surface area contributed by atoms with Crippen LogP contribution in [-0.2, 0) is 10.4 Å². The zero-order valence-corrected chi connectivity index (χ0v) is 9.38. The van der Waals surface area contributed by atoms with Gasteiger partial charge in [-0.2, -0.15) is 8.78 Å². The summed E-state index contributed by atoms with van der Waals surface area (Å²) in [5, 5.41) is 0. The Labute approximate surface area is 85.9 Å². The van der Waals surface area contributed by atoms with Crippen LogP contribution in [-0.4, -0.2) is 9.50 Å². The normalized spacial score (nSPS) is 11.6.